The molecule has 0 radical (unpaired) electrons. The van der Waals surface area contributed by atoms with Crippen molar-refractivity contribution in [3.8, 4) is 0 Å². The average molecular weight is 290 g/mol. The van der Waals surface area contributed by atoms with Crippen molar-refractivity contribution in [2.75, 3.05) is 12.3 Å². The van der Waals surface area contributed by atoms with Gasteiger partial charge in [0.1, 0.15) is 4.21 Å². The Morgan fingerprint density at radius 1 is 1.44 bits per heavy atom. The van der Waals surface area contributed by atoms with Gasteiger partial charge in [-0.05, 0) is 25.8 Å². The molecule has 0 amide bonds. The van der Waals surface area contributed by atoms with Crippen molar-refractivity contribution < 1.29 is 8.42 Å². The maximum atomic E-state index is 12.5. The van der Waals surface area contributed by atoms with E-state index in [9.17, 15) is 8.42 Å². The molecule has 0 aromatic carbocycles. The van der Waals surface area contributed by atoms with Crippen LogP contribution in [0.3, 0.4) is 0 Å². The highest BCUT2D eigenvalue weighted by atomic mass is 32.2. The first kappa shape index (κ1) is 15.5. The molecule has 6 heteroatoms. The van der Waals surface area contributed by atoms with E-state index in [2.05, 4.69) is 6.92 Å². The van der Waals surface area contributed by atoms with Gasteiger partial charge in [-0.3, -0.25) is 0 Å². The summed E-state index contributed by atoms with van der Waals surface area (Å²) >= 11 is 1.19. The molecule has 1 rings (SSSR count). The molecule has 104 valence electrons. The first-order valence-corrected chi connectivity index (χ1v) is 8.61. The second kappa shape index (κ2) is 6.54. The van der Waals surface area contributed by atoms with Crippen molar-refractivity contribution in [1.29, 1.82) is 0 Å². The molecule has 0 saturated heterocycles. The first-order valence-electron chi connectivity index (χ1n) is 6.29. The van der Waals surface area contributed by atoms with Crippen LogP contribution in [-0.2, 0) is 10.0 Å². The maximum absolute atomic E-state index is 12.5. The Kier molecular flexibility index (Phi) is 5.62. The van der Waals surface area contributed by atoms with E-state index in [-0.39, 0.29) is 6.04 Å². The molecule has 18 heavy (non-hydrogen) atoms. The van der Waals surface area contributed by atoms with Crippen LogP contribution in [0.25, 0.3) is 0 Å². The van der Waals surface area contributed by atoms with Gasteiger partial charge in [0.2, 0.25) is 0 Å². The van der Waals surface area contributed by atoms with Gasteiger partial charge in [-0.25, -0.2) is 8.42 Å². The van der Waals surface area contributed by atoms with Gasteiger partial charge in [0.15, 0.2) is 0 Å². The van der Waals surface area contributed by atoms with Gasteiger partial charge < -0.3 is 5.73 Å². The lowest BCUT2D eigenvalue weighted by Crippen LogP contribution is -2.38. The Balaban J connectivity index is 3.03. The van der Waals surface area contributed by atoms with Crippen molar-refractivity contribution >= 4 is 27.0 Å². The van der Waals surface area contributed by atoms with Crippen LogP contribution in [0, 0.1) is 0 Å². The summed E-state index contributed by atoms with van der Waals surface area (Å²) in [5.41, 5.74) is 6.12. The lowest BCUT2D eigenvalue weighted by Gasteiger charge is -2.26. The molecular formula is C12H22N2O2S2. The molecule has 1 aromatic rings. The van der Waals surface area contributed by atoms with Crippen molar-refractivity contribution in [2.24, 2.45) is 0 Å². The smallest absolute Gasteiger partial charge is 0.252 e. The molecule has 2 N–H and O–H groups in total. The summed E-state index contributed by atoms with van der Waals surface area (Å²) in [5, 5.41) is 1.67. The largest absolute Gasteiger partial charge is 0.398 e. The fourth-order valence-electron chi connectivity index (χ4n) is 1.68. The number of anilines is 1. The van der Waals surface area contributed by atoms with E-state index in [0.717, 1.165) is 19.3 Å². The molecule has 4 nitrogen and oxygen atoms in total. The van der Waals surface area contributed by atoms with Gasteiger partial charge in [-0.1, -0.05) is 20.3 Å². The zero-order chi connectivity index (χ0) is 13.8. The van der Waals surface area contributed by atoms with Crippen LogP contribution in [0.5, 0.6) is 0 Å². The van der Waals surface area contributed by atoms with Gasteiger partial charge in [0.25, 0.3) is 10.0 Å². The van der Waals surface area contributed by atoms with E-state index in [0.29, 0.717) is 16.4 Å². The van der Waals surface area contributed by atoms with E-state index < -0.39 is 10.0 Å². The molecular weight excluding hydrogens is 268 g/mol. The fraction of sp³-hybridized carbons (Fsp3) is 0.667. The number of thiophene rings is 1. The molecule has 0 bridgehead atoms. The number of nitrogen functional groups attached to an aromatic ring is 1. The first-order chi connectivity index (χ1) is 8.43. The van der Waals surface area contributed by atoms with E-state index >= 15 is 0 Å². The minimum Gasteiger partial charge on any atom is -0.398 e. The number of unbranched alkanes of at least 4 members (excludes halogenated alkanes) is 1. The Labute approximate surface area is 114 Å². The molecule has 0 aliphatic carbocycles. The summed E-state index contributed by atoms with van der Waals surface area (Å²) in [6, 6.07) is 1.56. The van der Waals surface area contributed by atoms with Gasteiger partial charge in [-0.15, -0.1) is 11.3 Å². The predicted molar refractivity (Wildman–Crippen MR) is 77.3 cm³/mol. The Hall–Kier alpha value is -0.590. The standard InChI is InChI=1S/C12H22N2O2S2/c1-4-6-7-14(10(3)5-2)18(15,16)12-8-11(13)9-17-12/h8-10H,4-7,13H2,1-3H3. The number of hydrogen-bond acceptors (Lipinski definition) is 4. The highest BCUT2D eigenvalue weighted by Crippen LogP contribution is 2.27. The van der Waals surface area contributed by atoms with Gasteiger partial charge in [-0.2, -0.15) is 4.31 Å². The van der Waals surface area contributed by atoms with Crippen molar-refractivity contribution in [1.82, 2.24) is 4.31 Å². The fourth-order valence-corrected chi connectivity index (χ4v) is 4.63. The van der Waals surface area contributed by atoms with Gasteiger partial charge in [0, 0.05) is 23.7 Å². The van der Waals surface area contributed by atoms with Crippen LogP contribution in [0.4, 0.5) is 5.69 Å². The molecule has 1 unspecified atom stereocenters. The monoisotopic (exact) mass is 290 g/mol. The summed E-state index contributed by atoms with van der Waals surface area (Å²) in [6.45, 7) is 6.59. The molecule has 1 heterocycles. The summed E-state index contributed by atoms with van der Waals surface area (Å²) in [5.74, 6) is 0. The number of rotatable bonds is 7. The van der Waals surface area contributed by atoms with E-state index in [4.69, 9.17) is 5.73 Å². The number of hydrogen-bond donors (Lipinski definition) is 1. The van der Waals surface area contributed by atoms with Crippen LogP contribution in [0.15, 0.2) is 15.7 Å². The minimum absolute atomic E-state index is 0.0184. The van der Waals surface area contributed by atoms with E-state index in [1.54, 1.807) is 15.8 Å². The SMILES string of the molecule is CCCCN(C(C)CC)S(=O)(=O)c1cc(N)cs1. The van der Waals surface area contributed by atoms with Crippen LogP contribution in [-0.4, -0.2) is 25.3 Å². The Bertz CT molecular complexity index is 468. The second-order valence-electron chi connectivity index (χ2n) is 4.43. The molecule has 1 aromatic heterocycles. The molecule has 0 aliphatic rings. The number of nitrogens with zero attached hydrogens (tertiary/aromatic N) is 1. The summed E-state index contributed by atoms with van der Waals surface area (Å²) < 4.78 is 27.0. The second-order valence-corrected chi connectivity index (χ2v) is 7.45. The third-order valence-electron chi connectivity index (χ3n) is 2.97. The number of sulfonamides is 1. The molecule has 1 atom stereocenters. The van der Waals surface area contributed by atoms with E-state index in [1.807, 2.05) is 13.8 Å². The lowest BCUT2D eigenvalue weighted by atomic mass is 10.2. The number of nitrogens with two attached hydrogens (primary N) is 1. The van der Waals surface area contributed by atoms with Crippen molar-refractivity contribution in [2.45, 2.75) is 50.3 Å². The third kappa shape index (κ3) is 3.46. The predicted octanol–water partition coefficient (Wildman–Crippen LogP) is 2.92. The lowest BCUT2D eigenvalue weighted by molar-refractivity contribution is 0.325. The van der Waals surface area contributed by atoms with Crippen molar-refractivity contribution in [3.63, 3.8) is 0 Å². The molecule has 0 aliphatic heterocycles. The minimum atomic E-state index is -3.39. The highest BCUT2D eigenvalue weighted by Gasteiger charge is 2.28. The highest BCUT2D eigenvalue weighted by molar-refractivity contribution is 7.91. The zero-order valence-corrected chi connectivity index (χ0v) is 12.9. The topological polar surface area (TPSA) is 63.4 Å². The van der Waals surface area contributed by atoms with Gasteiger partial charge in [0.05, 0.1) is 0 Å². The normalized spacial score (nSPS) is 14.0. The Morgan fingerprint density at radius 2 is 2.11 bits per heavy atom. The maximum Gasteiger partial charge on any atom is 0.252 e. The van der Waals surface area contributed by atoms with Crippen LogP contribution >= 0.6 is 11.3 Å². The van der Waals surface area contributed by atoms with Crippen LogP contribution < -0.4 is 5.73 Å². The third-order valence-corrected chi connectivity index (χ3v) is 6.42. The average Bonchev–Trinajstić information content (AvgIpc) is 2.76. The molecule has 0 spiro atoms. The Morgan fingerprint density at radius 3 is 2.56 bits per heavy atom. The molecule has 0 saturated carbocycles. The molecule has 0 fully saturated rings. The summed E-state index contributed by atoms with van der Waals surface area (Å²) in [4.78, 5) is 0. The van der Waals surface area contributed by atoms with Crippen LogP contribution in [0.2, 0.25) is 0 Å². The van der Waals surface area contributed by atoms with E-state index in [1.165, 1.54) is 11.3 Å². The quantitative estimate of drug-likeness (QED) is 0.839. The summed E-state index contributed by atoms with van der Waals surface area (Å²) in [6.07, 6.45) is 2.67. The van der Waals surface area contributed by atoms with Gasteiger partial charge >= 0.3 is 0 Å². The van der Waals surface area contributed by atoms with Crippen molar-refractivity contribution in [3.05, 3.63) is 11.4 Å². The zero-order valence-electron chi connectivity index (χ0n) is 11.2. The summed E-state index contributed by atoms with van der Waals surface area (Å²) in [7, 11) is -3.39. The van der Waals surface area contributed by atoms with Crippen LogP contribution in [0.1, 0.15) is 40.0 Å².